The molecular formula is C25H36N2O3. The van der Waals surface area contributed by atoms with E-state index in [4.69, 9.17) is 14.4 Å². The summed E-state index contributed by atoms with van der Waals surface area (Å²) in [6, 6.07) is 6.77. The molecule has 0 unspecified atom stereocenters. The minimum atomic E-state index is -0.520. The number of hydrogen-bond acceptors (Lipinski definition) is 5. The highest BCUT2D eigenvalue weighted by Crippen LogP contribution is 2.15. The molecule has 1 heterocycles. The Morgan fingerprint density at radius 3 is 2.03 bits per heavy atom. The topological polar surface area (TPSA) is 76.1 Å². The first-order valence-corrected chi connectivity index (χ1v) is 11.7. The van der Waals surface area contributed by atoms with Crippen molar-refractivity contribution in [3.8, 4) is 12.1 Å². The Kier molecular flexibility index (Phi) is 11.6. The Bertz CT molecular complexity index is 838. The summed E-state index contributed by atoms with van der Waals surface area (Å²) in [5.41, 5.74) is 0.377. The average Bonchev–Trinajstić information content (AvgIpc) is 2.76. The van der Waals surface area contributed by atoms with Crippen LogP contribution < -0.4 is 10.4 Å². The lowest BCUT2D eigenvalue weighted by molar-refractivity contribution is 0.211. The molecule has 164 valence electrons. The van der Waals surface area contributed by atoms with Crippen LogP contribution >= 0.6 is 0 Å². The van der Waals surface area contributed by atoms with Crippen LogP contribution in [0, 0.1) is 11.3 Å². The fourth-order valence-corrected chi connectivity index (χ4v) is 3.64. The van der Waals surface area contributed by atoms with E-state index >= 15 is 0 Å². The van der Waals surface area contributed by atoms with Gasteiger partial charge in [0.25, 0.3) is 0 Å². The standard InChI is InChI=1S/C25H36N2O3/c1-2-3-4-5-6-7-8-9-10-11-12-13-14-15-18-29-25-27-23-17-16-21(20-26)19-22(23)24(28)30-25/h16-17,19H,2-15,18H2,1H3. The van der Waals surface area contributed by atoms with E-state index < -0.39 is 5.63 Å². The van der Waals surface area contributed by atoms with Gasteiger partial charge < -0.3 is 9.15 Å². The molecule has 0 N–H and O–H groups in total. The molecule has 1 aromatic carbocycles. The molecule has 0 atom stereocenters. The number of nitriles is 1. The minimum Gasteiger partial charge on any atom is -0.450 e. The maximum atomic E-state index is 12.0. The van der Waals surface area contributed by atoms with E-state index in [0.29, 0.717) is 23.1 Å². The molecule has 0 amide bonds. The molecule has 0 fully saturated rings. The second-order valence-electron chi connectivity index (χ2n) is 8.06. The molecule has 0 saturated carbocycles. The van der Waals surface area contributed by atoms with Crippen molar-refractivity contribution in [1.82, 2.24) is 4.98 Å². The third kappa shape index (κ3) is 8.98. The lowest BCUT2D eigenvalue weighted by atomic mass is 10.0. The van der Waals surface area contributed by atoms with Gasteiger partial charge in [-0.2, -0.15) is 10.2 Å². The van der Waals surface area contributed by atoms with E-state index in [9.17, 15) is 4.79 Å². The van der Waals surface area contributed by atoms with Crippen molar-refractivity contribution in [2.75, 3.05) is 6.61 Å². The predicted molar refractivity (Wildman–Crippen MR) is 121 cm³/mol. The maximum Gasteiger partial charge on any atom is 0.397 e. The van der Waals surface area contributed by atoms with Gasteiger partial charge in [0, 0.05) is 0 Å². The summed E-state index contributed by atoms with van der Waals surface area (Å²) in [7, 11) is 0. The molecular weight excluding hydrogens is 376 g/mol. The van der Waals surface area contributed by atoms with Gasteiger partial charge in [0.1, 0.15) is 0 Å². The molecule has 1 aromatic heterocycles. The Morgan fingerprint density at radius 2 is 1.47 bits per heavy atom. The second kappa shape index (κ2) is 14.6. The second-order valence-corrected chi connectivity index (χ2v) is 8.06. The van der Waals surface area contributed by atoms with Crippen molar-refractivity contribution in [3.63, 3.8) is 0 Å². The molecule has 0 aliphatic heterocycles. The molecule has 0 aliphatic rings. The van der Waals surface area contributed by atoms with Crippen LogP contribution in [0.5, 0.6) is 6.08 Å². The molecule has 2 aromatic rings. The van der Waals surface area contributed by atoms with Crippen LogP contribution in [0.15, 0.2) is 27.4 Å². The van der Waals surface area contributed by atoms with E-state index in [0.717, 1.165) is 12.8 Å². The Balaban J connectivity index is 1.49. The fraction of sp³-hybridized carbons (Fsp3) is 0.640. The van der Waals surface area contributed by atoms with Crippen LogP contribution in [0.2, 0.25) is 0 Å². The maximum absolute atomic E-state index is 12.0. The smallest absolute Gasteiger partial charge is 0.397 e. The summed E-state index contributed by atoms with van der Waals surface area (Å²) < 4.78 is 10.6. The fourth-order valence-electron chi connectivity index (χ4n) is 3.64. The van der Waals surface area contributed by atoms with Crippen LogP contribution in [0.3, 0.4) is 0 Å². The van der Waals surface area contributed by atoms with Crippen LogP contribution in [0.25, 0.3) is 10.9 Å². The van der Waals surface area contributed by atoms with Gasteiger partial charge in [-0.1, -0.05) is 90.4 Å². The predicted octanol–water partition coefficient (Wildman–Crippen LogP) is 6.92. The van der Waals surface area contributed by atoms with E-state index in [1.165, 1.54) is 83.1 Å². The summed E-state index contributed by atoms with van der Waals surface area (Å²) in [6.07, 6.45) is 18.3. The lowest BCUT2D eigenvalue weighted by Gasteiger charge is -2.05. The minimum absolute atomic E-state index is 0.00639. The highest BCUT2D eigenvalue weighted by Gasteiger charge is 2.08. The van der Waals surface area contributed by atoms with Crippen molar-refractivity contribution in [3.05, 3.63) is 34.2 Å². The first kappa shape index (κ1) is 23.9. The first-order valence-electron chi connectivity index (χ1n) is 11.7. The van der Waals surface area contributed by atoms with E-state index in [-0.39, 0.29) is 6.08 Å². The van der Waals surface area contributed by atoms with Gasteiger partial charge in [0.2, 0.25) is 0 Å². The van der Waals surface area contributed by atoms with E-state index in [2.05, 4.69) is 11.9 Å². The number of nitrogens with zero attached hydrogens (tertiary/aromatic N) is 2. The average molecular weight is 413 g/mol. The van der Waals surface area contributed by atoms with Gasteiger partial charge in [-0.15, -0.1) is 0 Å². The number of hydrogen-bond donors (Lipinski definition) is 0. The number of benzene rings is 1. The summed E-state index contributed by atoms with van der Waals surface area (Å²) in [4.78, 5) is 16.2. The highest BCUT2D eigenvalue weighted by molar-refractivity contribution is 5.78. The van der Waals surface area contributed by atoms with Crippen LogP contribution in [0.1, 0.15) is 102 Å². The zero-order valence-electron chi connectivity index (χ0n) is 18.5. The molecule has 2 rings (SSSR count). The molecule has 0 aliphatic carbocycles. The molecule has 30 heavy (non-hydrogen) atoms. The number of rotatable bonds is 16. The molecule has 5 heteroatoms. The normalized spacial score (nSPS) is 10.9. The van der Waals surface area contributed by atoms with Gasteiger partial charge in [0.05, 0.1) is 29.1 Å². The lowest BCUT2D eigenvalue weighted by Crippen LogP contribution is -2.06. The Labute approximate surface area is 180 Å². The molecule has 0 radical (unpaired) electrons. The van der Waals surface area contributed by atoms with Crippen molar-refractivity contribution < 1.29 is 9.15 Å². The zero-order chi connectivity index (χ0) is 21.4. The van der Waals surface area contributed by atoms with Crippen molar-refractivity contribution in [2.24, 2.45) is 0 Å². The Morgan fingerprint density at radius 1 is 0.900 bits per heavy atom. The number of fused-ring (bicyclic) bond motifs is 1. The number of ether oxygens (including phenoxy) is 1. The van der Waals surface area contributed by atoms with Crippen LogP contribution in [-0.4, -0.2) is 11.6 Å². The molecule has 0 bridgehead atoms. The summed E-state index contributed by atoms with van der Waals surface area (Å²) in [6.45, 7) is 2.76. The quantitative estimate of drug-likeness (QED) is 0.280. The van der Waals surface area contributed by atoms with Gasteiger partial charge in [-0.25, -0.2) is 4.79 Å². The Hall–Kier alpha value is -2.35. The van der Waals surface area contributed by atoms with Crippen molar-refractivity contribution >= 4 is 10.9 Å². The molecule has 0 spiro atoms. The number of aromatic nitrogens is 1. The van der Waals surface area contributed by atoms with Crippen molar-refractivity contribution in [1.29, 1.82) is 5.26 Å². The van der Waals surface area contributed by atoms with E-state index in [1.807, 2.05) is 6.07 Å². The van der Waals surface area contributed by atoms with Gasteiger partial charge >= 0.3 is 11.7 Å². The third-order valence-corrected chi connectivity index (χ3v) is 5.46. The zero-order valence-corrected chi connectivity index (χ0v) is 18.5. The van der Waals surface area contributed by atoms with Crippen LogP contribution in [-0.2, 0) is 0 Å². The van der Waals surface area contributed by atoms with Gasteiger partial charge in [-0.3, -0.25) is 0 Å². The molecule has 0 saturated heterocycles. The summed E-state index contributed by atoms with van der Waals surface area (Å²) >= 11 is 0. The first-order chi connectivity index (χ1) is 14.7. The summed E-state index contributed by atoms with van der Waals surface area (Å²) in [5, 5.41) is 9.22. The van der Waals surface area contributed by atoms with Crippen molar-refractivity contribution in [2.45, 2.75) is 96.8 Å². The summed E-state index contributed by atoms with van der Waals surface area (Å²) in [5.74, 6) is 0. The third-order valence-electron chi connectivity index (χ3n) is 5.46. The molecule has 5 nitrogen and oxygen atoms in total. The highest BCUT2D eigenvalue weighted by atomic mass is 16.6. The van der Waals surface area contributed by atoms with E-state index in [1.54, 1.807) is 12.1 Å². The SMILES string of the molecule is CCCCCCCCCCCCCCCCOc1nc2ccc(C#N)cc2c(=O)o1. The van der Waals surface area contributed by atoms with Gasteiger partial charge in [-0.05, 0) is 24.6 Å². The number of unbranched alkanes of at least 4 members (excludes halogenated alkanes) is 13. The monoisotopic (exact) mass is 412 g/mol. The largest absolute Gasteiger partial charge is 0.450 e. The van der Waals surface area contributed by atoms with Gasteiger partial charge in [0.15, 0.2) is 0 Å². The van der Waals surface area contributed by atoms with Crippen LogP contribution in [0.4, 0.5) is 0 Å².